The summed E-state index contributed by atoms with van der Waals surface area (Å²) in [6.07, 6.45) is 0. The maximum Gasteiger partial charge on any atom is 0.283 e. The molecule has 8 nitrogen and oxygen atoms in total. The fourth-order valence-corrected chi connectivity index (χ4v) is 4.80. The highest BCUT2D eigenvalue weighted by atomic mass is 35.5. The Morgan fingerprint density at radius 2 is 1.66 bits per heavy atom. The minimum atomic E-state index is -0.666. The van der Waals surface area contributed by atoms with E-state index >= 15 is 0 Å². The molecule has 2 N–H and O–H groups in total. The molecule has 2 heterocycles. The topological polar surface area (TPSA) is 101 Å². The molecule has 1 aromatic heterocycles. The van der Waals surface area contributed by atoms with Crippen LogP contribution >= 0.6 is 34.5 Å². The van der Waals surface area contributed by atoms with Crippen LogP contribution in [-0.4, -0.2) is 29.8 Å². The molecule has 190 valence electrons. The summed E-state index contributed by atoms with van der Waals surface area (Å²) in [5.41, 5.74) is 2.68. The molecule has 0 radical (unpaired) electrons. The summed E-state index contributed by atoms with van der Waals surface area (Å²) in [6, 6.07) is 20.3. The standard InChI is InChI=1S/C27H18Cl2N4O4S/c1-37-21-5-3-2-4-20(21)33-25(35)22(29)23(26(33)36)30-18-12-8-16(9-13-18)24(34)32-27-31-19(14-38-27)15-6-10-17(28)11-7-15/h2-14,30H,1H3,(H,31,32,34). The number of nitrogens with one attached hydrogen (secondary N) is 2. The molecule has 11 heteroatoms. The quantitative estimate of drug-likeness (QED) is 0.261. The Hall–Kier alpha value is -4.18. The molecule has 0 aliphatic carbocycles. The molecule has 3 amide bonds. The molecular formula is C27H18Cl2N4O4S. The SMILES string of the molecule is COc1ccccc1N1C(=O)C(Cl)=C(Nc2ccc(C(=O)Nc3nc(-c4ccc(Cl)cc4)cs3)cc2)C1=O. The van der Waals surface area contributed by atoms with Crippen molar-refractivity contribution in [3.63, 3.8) is 0 Å². The number of halogens is 2. The van der Waals surface area contributed by atoms with Crippen LogP contribution in [0.15, 0.2) is 88.9 Å². The molecule has 5 rings (SSSR count). The number of rotatable bonds is 7. The Morgan fingerprint density at radius 1 is 0.947 bits per heavy atom. The minimum absolute atomic E-state index is 0.0720. The highest BCUT2D eigenvalue weighted by Crippen LogP contribution is 2.35. The van der Waals surface area contributed by atoms with Gasteiger partial charge in [-0.15, -0.1) is 11.3 Å². The fourth-order valence-electron chi connectivity index (χ4n) is 3.75. The van der Waals surface area contributed by atoms with Gasteiger partial charge in [0.25, 0.3) is 17.7 Å². The zero-order chi connectivity index (χ0) is 26.8. The number of methoxy groups -OCH3 is 1. The van der Waals surface area contributed by atoms with E-state index in [4.69, 9.17) is 27.9 Å². The summed E-state index contributed by atoms with van der Waals surface area (Å²) in [7, 11) is 1.45. The maximum absolute atomic E-state index is 13.1. The van der Waals surface area contributed by atoms with Gasteiger partial charge in [-0.05, 0) is 48.5 Å². The monoisotopic (exact) mass is 564 g/mol. The Bertz CT molecular complexity index is 1580. The first kappa shape index (κ1) is 25.5. The van der Waals surface area contributed by atoms with Crippen molar-refractivity contribution < 1.29 is 19.1 Å². The lowest BCUT2D eigenvalue weighted by Crippen LogP contribution is -2.32. The summed E-state index contributed by atoms with van der Waals surface area (Å²) in [6.45, 7) is 0. The summed E-state index contributed by atoms with van der Waals surface area (Å²) in [4.78, 5) is 44.0. The number of carbonyl (C=O) groups excluding carboxylic acids is 3. The highest BCUT2D eigenvalue weighted by molar-refractivity contribution is 7.14. The van der Waals surface area contributed by atoms with E-state index in [1.165, 1.54) is 18.4 Å². The summed E-state index contributed by atoms with van der Waals surface area (Å²) in [5, 5.41) is 8.35. The number of amides is 3. The van der Waals surface area contributed by atoms with Crippen LogP contribution < -0.4 is 20.3 Å². The van der Waals surface area contributed by atoms with Crippen LogP contribution in [0, 0.1) is 0 Å². The molecule has 38 heavy (non-hydrogen) atoms. The van der Waals surface area contributed by atoms with Crippen LogP contribution in [0.25, 0.3) is 11.3 Å². The summed E-state index contributed by atoms with van der Waals surface area (Å²) < 4.78 is 5.27. The molecule has 0 bridgehead atoms. The van der Waals surface area contributed by atoms with E-state index in [1.54, 1.807) is 60.7 Å². The summed E-state index contributed by atoms with van der Waals surface area (Å²) >= 11 is 13.5. The average Bonchev–Trinajstić information content (AvgIpc) is 3.47. The van der Waals surface area contributed by atoms with Crippen LogP contribution in [0.5, 0.6) is 5.75 Å². The van der Waals surface area contributed by atoms with Crippen molar-refractivity contribution in [2.75, 3.05) is 22.6 Å². The second-order valence-corrected chi connectivity index (χ2v) is 9.68. The molecule has 4 aromatic rings. The predicted octanol–water partition coefficient (Wildman–Crippen LogP) is 6.16. The number of ether oxygens (including phenoxy) is 1. The largest absolute Gasteiger partial charge is 0.495 e. The van der Waals surface area contributed by atoms with Crippen LogP contribution in [0.3, 0.4) is 0 Å². The van der Waals surface area contributed by atoms with Gasteiger partial charge in [-0.2, -0.15) is 0 Å². The zero-order valence-electron chi connectivity index (χ0n) is 19.7. The first-order chi connectivity index (χ1) is 18.4. The van der Waals surface area contributed by atoms with Gasteiger partial charge in [0.2, 0.25) is 0 Å². The Labute approximate surface area is 231 Å². The number of nitrogens with zero attached hydrogens (tertiary/aromatic N) is 2. The Morgan fingerprint density at radius 3 is 2.37 bits per heavy atom. The number of hydrogen-bond donors (Lipinski definition) is 2. The lowest BCUT2D eigenvalue weighted by Gasteiger charge is -2.17. The van der Waals surface area contributed by atoms with E-state index in [0.717, 1.165) is 16.2 Å². The van der Waals surface area contributed by atoms with Gasteiger partial charge >= 0.3 is 0 Å². The van der Waals surface area contributed by atoms with Gasteiger partial charge in [-0.25, -0.2) is 9.88 Å². The third kappa shape index (κ3) is 4.99. The lowest BCUT2D eigenvalue weighted by atomic mass is 10.2. The van der Waals surface area contributed by atoms with E-state index in [-0.39, 0.29) is 22.3 Å². The molecule has 0 saturated heterocycles. The van der Waals surface area contributed by atoms with Crippen molar-refractivity contribution in [1.29, 1.82) is 0 Å². The number of thiazole rings is 1. The number of imide groups is 1. The normalized spacial score (nSPS) is 13.2. The van der Waals surface area contributed by atoms with Crippen LogP contribution in [0.1, 0.15) is 10.4 Å². The van der Waals surface area contributed by atoms with Gasteiger partial charge in [0, 0.05) is 27.2 Å². The number of anilines is 3. The maximum atomic E-state index is 13.1. The number of aromatic nitrogens is 1. The third-order valence-electron chi connectivity index (χ3n) is 5.63. The molecule has 0 atom stereocenters. The zero-order valence-corrected chi connectivity index (χ0v) is 22.0. The first-order valence-corrected chi connectivity index (χ1v) is 12.8. The third-order valence-corrected chi connectivity index (χ3v) is 6.99. The van der Waals surface area contributed by atoms with Crippen LogP contribution in [0.4, 0.5) is 16.5 Å². The molecule has 0 unspecified atom stereocenters. The van der Waals surface area contributed by atoms with Crippen LogP contribution in [-0.2, 0) is 9.59 Å². The molecule has 3 aromatic carbocycles. The van der Waals surface area contributed by atoms with Gasteiger partial charge < -0.3 is 10.1 Å². The Kier molecular flexibility index (Phi) is 7.15. The minimum Gasteiger partial charge on any atom is -0.495 e. The van der Waals surface area contributed by atoms with E-state index in [9.17, 15) is 14.4 Å². The van der Waals surface area contributed by atoms with Gasteiger partial charge in [0.05, 0.1) is 18.5 Å². The average molecular weight is 565 g/mol. The highest BCUT2D eigenvalue weighted by Gasteiger charge is 2.40. The molecule has 0 saturated carbocycles. The molecule has 0 spiro atoms. The second kappa shape index (κ2) is 10.7. The number of hydrogen-bond acceptors (Lipinski definition) is 7. The van der Waals surface area contributed by atoms with Gasteiger partial charge in [-0.3, -0.25) is 19.7 Å². The first-order valence-electron chi connectivity index (χ1n) is 11.2. The second-order valence-electron chi connectivity index (χ2n) is 8.01. The number of para-hydroxylation sites is 2. The molecule has 0 fully saturated rings. The smallest absolute Gasteiger partial charge is 0.283 e. The van der Waals surface area contributed by atoms with E-state index in [1.807, 2.05) is 17.5 Å². The van der Waals surface area contributed by atoms with Crippen LogP contribution in [0.2, 0.25) is 5.02 Å². The van der Waals surface area contributed by atoms with Crippen molar-refractivity contribution in [2.24, 2.45) is 0 Å². The molecule has 1 aliphatic rings. The van der Waals surface area contributed by atoms with Crippen molar-refractivity contribution in [1.82, 2.24) is 4.98 Å². The van der Waals surface area contributed by atoms with E-state index in [0.29, 0.717) is 27.2 Å². The van der Waals surface area contributed by atoms with Gasteiger partial charge in [0.15, 0.2) is 5.13 Å². The number of benzene rings is 3. The van der Waals surface area contributed by atoms with Gasteiger partial charge in [0.1, 0.15) is 16.5 Å². The predicted molar refractivity (Wildman–Crippen MR) is 149 cm³/mol. The lowest BCUT2D eigenvalue weighted by molar-refractivity contribution is -0.120. The van der Waals surface area contributed by atoms with Crippen molar-refractivity contribution in [3.8, 4) is 17.0 Å². The summed E-state index contributed by atoms with van der Waals surface area (Å²) in [5.74, 6) is -1.27. The fraction of sp³-hybridized carbons (Fsp3) is 0.0370. The molecule has 1 aliphatic heterocycles. The Balaban J connectivity index is 1.27. The van der Waals surface area contributed by atoms with Crippen molar-refractivity contribution in [3.05, 3.63) is 99.5 Å². The van der Waals surface area contributed by atoms with Crippen molar-refractivity contribution in [2.45, 2.75) is 0 Å². The molecular weight excluding hydrogens is 547 g/mol. The van der Waals surface area contributed by atoms with E-state index < -0.39 is 11.8 Å². The van der Waals surface area contributed by atoms with Gasteiger partial charge in [-0.1, -0.05) is 47.5 Å². The number of carbonyl (C=O) groups is 3. The van der Waals surface area contributed by atoms with Crippen molar-refractivity contribution >= 4 is 68.8 Å². The van der Waals surface area contributed by atoms with E-state index in [2.05, 4.69) is 15.6 Å².